The van der Waals surface area contributed by atoms with Crippen molar-refractivity contribution in [1.82, 2.24) is 19.9 Å². The smallest absolute Gasteiger partial charge is 0.0950 e. The molecular formula is C15H22N4. The summed E-state index contributed by atoms with van der Waals surface area (Å²) >= 11 is 0. The van der Waals surface area contributed by atoms with Crippen LogP contribution in [0.1, 0.15) is 25.1 Å². The lowest BCUT2D eigenvalue weighted by molar-refractivity contribution is 0.548. The Morgan fingerprint density at radius 1 is 1.26 bits per heavy atom. The summed E-state index contributed by atoms with van der Waals surface area (Å²) in [5, 5.41) is 3.40. The molecule has 0 saturated carbocycles. The Balaban J connectivity index is 1.77. The summed E-state index contributed by atoms with van der Waals surface area (Å²) in [5.74, 6) is 0.675. The second-order valence-electron chi connectivity index (χ2n) is 5.23. The van der Waals surface area contributed by atoms with E-state index in [0.29, 0.717) is 5.92 Å². The molecule has 2 aromatic heterocycles. The molecule has 0 radical (unpaired) electrons. The van der Waals surface area contributed by atoms with Gasteiger partial charge in [-0.2, -0.15) is 0 Å². The number of aryl methyl sites for hydroxylation is 2. The van der Waals surface area contributed by atoms with Gasteiger partial charge in [-0.3, -0.25) is 4.98 Å². The summed E-state index contributed by atoms with van der Waals surface area (Å²) in [4.78, 5) is 8.44. The molecule has 0 amide bonds. The third-order valence-corrected chi connectivity index (χ3v) is 2.95. The van der Waals surface area contributed by atoms with Crippen molar-refractivity contribution in [3.8, 4) is 0 Å². The fraction of sp³-hybridized carbons (Fsp3) is 0.467. The monoisotopic (exact) mass is 258 g/mol. The van der Waals surface area contributed by atoms with E-state index < -0.39 is 0 Å². The molecule has 19 heavy (non-hydrogen) atoms. The molecule has 0 aliphatic carbocycles. The van der Waals surface area contributed by atoms with Gasteiger partial charge in [0.1, 0.15) is 0 Å². The van der Waals surface area contributed by atoms with Crippen molar-refractivity contribution in [2.45, 2.75) is 33.4 Å². The second-order valence-corrected chi connectivity index (χ2v) is 5.23. The first-order valence-electron chi connectivity index (χ1n) is 6.84. The first-order valence-corrected chi connectivity index (χ1v) is 6.84. The maximum absolute atomic E-state index is 4.41. The highest BCUT2D eigenvalue weighted by Crippen LogP contribution is 2.02. The zero-order chi connectivity index (χ0) is 13.5. The molecule has 2 rings (SSSR count). The van der Waals surface area contributed by atoms with E-state index in [4.69, 9.17) is 0 Å². The molecule has 102 valence electrons. The maximum Gasteiger partial charge on any atom is 0.0950 e. The van der Waals surface area contributed by atoms with Gasteiger partial charge < -0.3 is 9.88 Å². The molecule has 2 aromatic rings. The van der Waals surface area contributed by atoms with Gasteiger partial charge in [0.2, 0.25) is 0 Å². The SMILES string of the molecule is CC(C)CNCc1cn(CCc2ccncc2)cn1. The molecule has 0 unspecified atom stereocenters. The van der Waals surface area contributed by atoms with Gasteiger partial charge in [-0.15, -0.1) is 0 Å². The van der Waals surface area contributed by atoms with Gasteiger partial charge in [0.25, 0.3) is 0 Å². The summed E-state index contributed by atoms with van der Waals surface area (Å²) in [5.41, 5.74) is 2.42. The zero-order valence-electron chi connectivity index (χ0n) is 11.7. The topological polar surface area (TPSA) is 42.7 Å². The van der Waals surface area contributed by atoms with Crippen molar-refractivity contribution >= 4 is 0 Å². The number of aromatic nitrogens is 3. The maximum atomic E-state index is 4.41. The van der Waals surface area contributed by atoms with Crippen LogP contribution < -0.4 is 5.32 Å². The summed E-state index contributed by atoms with van der Waals surface area (Å²) in [6, 6.07) is 4.12. The van der Waals surface area contributed by atoms with Crippen LogP contribution in [0, 0.1) is 5.92 Å². The van der Waals surface area contributed by atoms with Gasteiger partial charge in [0.15, 0.2) is 0 Å². The van der Waals surface area contributed by atoms with Crippen LogP contribution in [0.15, 0.2) is 37.1 Å². The highest BCUT2D eigenvalue weighted by atomic mass is 15.0. The van der Waals surface area contributed by atoms with Crippen molar-refractivity contribution in [3.05, 3.63) is 48.3 Å². The van der Waals surface area contributed by atoms with E-state index in [1.54, 1.807) is 0 Å². The molecule has 2 heterocycles. The predicted molar refractivity (Wildman–Crippen MR) is 76.7 cm³/mol. The van der Waals surface area contributed by atoms with Gasteiger partial charge >= 0.3 is 0 Å². The molecule has 0 aliphatic rings. The molecule has 0 saturated heterocycles. The third-order valence-electron chi connectivity index (χ3n) is 2.95. The minimum absolute atomic E-state index is 0.675. The molecule has 0 spiro atoms. The van der Waals surface area contributed by atoms with E-state index in [1.165, 1.54) is 5.56 Å². The van der Waals surface area contributed by atoms with Gasteiger partial charge in [0, 0.05) is 31.7 Å². The summed E-state index contributed by atoms with van der Waals surface area (Å²) < 4.78 is 2.15. The molecule has 0 atom stereocenters. The highest BCUT2D eigenvalue weighted by molar-refractivity contribution is 5.09. The van der Waals surface area contributed by atoms with Crippen LogP contribution in [0.4, 0.5) is 0 Å². The normalized spacial score (nSPS) is 11.1. The highest BCUT2D eigenvalue weighted by Gasteiger charge is 2.00. The molecule has 4 nitrogen and oxygen atoms in total. The van der Waals surface area contributed by atoms with Gasteiger partial charge in [-0.05, 0) is 36.6 Å². The minimum atomic E-state index is 0.675. The largest absolute Gasteiger partial charge is 0.337 e. The van der Waals surface area contributed by atoms with Crippen LogP contribution in [-0.4, -0.2) is 21.1 Å². The number of nitrogens with zero attached hydrogens (tertiary/aromatic N) is 3. The molecule has 0 fully saturated rings. The van der Waals surface area contributed by atoms with Gasteiger partial charge in [-0.25, -0.2) is 4.98 Å². The lowest BCUT2D eigenvalue weighted by Crippen LogP contribution is -2.19. The van der Waals surface area contributed by atoms with Crippen LogP contribution in [-0.2, 0) is 19.5 Å². The Kier molecular flexibility index (Phi) is 5.10. The number of hydrogen-bond acceptors (Lipinski definition) is 3. The first-order chi connectivity index (χ1) is 9.24. The molecule has 1 N–H and O–H groups in total. The molecule has 4 heteroatoms. The Labute approximate surface area is 114 Å². The first kappa shape index (κ1) is 13.7. The van der Waals surface area contributed by atoms with Crippen molar-refractivity contribution in [2.75, 3.05) is 6.54 Å². The van der Waals surface area contributed by atoms with E-state index in [0.717, 1.165) is 31.7 Å². The molecule has 0 bridgehead atoms. The van der Waals surface area contributed by atoms with Crippen LogP contribution >= 0.6 is 0 Å². The molecule has 0 aliphatic heterocycles. The lowest BCUT2D eigenvalue weighted by Gasteiger charge is -2.05. The Bertz CT molecular complexity index is 476. The zero-order valence-corrected chi connectivity index (χ0v) is 11.7. The average Bonchev–Trinajstić information content (AvgIpc) is 2.85. The number of rotatable bonds is 7. The minimum Gasteiger partial charge on any atom is -0.337 e. The molecular weight excluding hydrogens is 236 g/mol. The fourth-order valence-electron chi connectivity index (χ4n) is 1.92. The van der Waals surface area contributed by atoms with Gasteiger partial charge in [0.05, 0.1) is 12.0 Å². The van der Waals surface area contributed by atoms with E-state index in [2.05, 4.69) is 52.0 Å². The summed E-state index contributed by atoms with van der Waals surface area (Å²) in [6.07, 6.45) is 8.72. The van der Waals surface area contributed by atoms with Gasteiger partial charge in [-0.1, -0.05) is 13.8 Å². The Morgan fingerprint density at radius 3 is 2.79 bits per heavy atom. The van der Waals surface area contributed by atoms with Crippen molar-refractivity contribution in [3.63, 3.8) is 0 Å². The van der Waals surface area contributed by atoms with Crippen LogP contribution in [0.3, 0.4) is 0 Å². The number of hydrogen-bond donors (Lipinski definition) is 1. The van der Waals surface area contributed by atoms with Crippen molar-refractivity contribution in [1.29, 1.82) is 0 Å². The summed E-state index contributed by atoms with van der Waals surface area (Å²) in [7, 11) is 0. The Hall–Kier alpha value is -1.68. The lowest BCUT2D eigenvalue weighted by atomic mass is 10.2. The van der Waals surface area contributed by atoms with Crippen LogP contribution in [0.2, 0.25) is 0 Å². The van der Waals surface area contributed by atoms with E-state index in [-0.39, 0.29) is 0 Å². The van der Waals surface area contributed by atoms with Crippen LogP contribution in [0.25, 0.3) is 0 Å². The van der Waals surface area contributed by atoms with E-state index >= 15 is 0 Å². The van der Waals surface area contributed by atoms with E-state index in [9.17, 15) is 0 Å². The van der Waals surface area contributed by atoms with Crippen LogP contribution in [0.5, 0.6) is 0 Å². The number of pyridine rings is 1. The number of nitrogens with one attached hydrogen (secondary N) is 1. The standard InChI is InChI=1S/C15H22N4/c1-13(2)9-17-10-15-11-19(12-18-15)8-5-14-3-6-16-7-4-14/h3-4,6-7,11-13,17H,5,8-10H2,1-2H3. The fourth-order valence-corrected chi connectivity index (χ4v) is 1.92. The van der Waals surface area contributed by atoms with E-state index in [1.807, 2.05) is 18.7 Å². The third kappa shape index (κ3) is 4.83. The second kappa shape index (κ2) is 7.04. The van der Waals surface area contributed by atoms with Crippen molar-refractivity contribution < 1.29 is 0 Å². The quantitative estimate of drug-likeness (QED) is 0.828. The predicted octanol–water partition coefficient (Wildman–Crippen LogP) is 2.27. The van der Waals surface area contributed by atoms with Crippen molar-refractivity contribution in [2.24, 2.45) is 5.92 Å². The Morgan fingerprint density at radius 2 is 2.05 bits per heavy atom. The molecule has 0 aromatic carbocycles. The average molecular weight is 258 g/mol. The number of imidazole rings is 1. The summed E-state index contributed by atoms with van der Waals surface area (Å²) in [6.45, 7) is 7.26.